The van der Waals surface area contributed by atoms with E-state index in [1.807, 2.05) is 53.7 Å². The zero-order valence-electron chi connectivity index (χ0n) is 24.0. The van der Waals surface area contributed by atoms with Gasteiger partial charge in [0.25, 0.3) is 5.69 Å². The molecule has 2 aromatic carbocycles. The van der Waals surface area contributed by atoms with Crippen molar-refractivity contribution in [3.8, 4) is 0 Å². The Morgan fingerprint density at radius 1 is 0.795 bits per heavy atom. The van der Waals surface area contributed by atoms with Gasteiger partial charge in [-0.15, -0.1) is 0 Å². The molecule has 0 spiro atoms. The van der Waals surface area contributed by atoms with E-state index in [4.69, 9.17) is 33.0 Å². The monoisotopic (exact) mass is 692 g/mol. The summed E-state index contributed by atoms with van der Waals surface area (Å²) in [6, 6.07) is 6.68. The number of amides is 2. The fourth-order valence-electron chi connectivity index (χ4n) is 2.83. The number of nitrogens with one attached hydrogen (secondary N) is 2. The van der Waals surface area contributed by atoms with Gasteiger partial charge in [-0.2, -0.15) is 0 Å². The van der Waals surface area contributed by atoms with Gasteiger partial charge >= 0.3 is 48.9 Å². The molecule has 0 unspecified atom stereocenters. The van der Waals surface area contributed by atoms with Crippen molar-refractivity contribution in [2.45, 2.75) is 80.4 Å². The van der Waals surface area contributed by atoms with Crippen LogP contribution >= 0.6 is 17.8 Å². The summed E-state index contributed by atoms with van der Waals surface area (Å²) in [6.45, 7) is 18.2. The maximum atomic E-state index is 11.6. The molecule has 0 fully saturated rings. The predicted octanol–water partition coefficient (Wildman–Crippen LogP) is 7.79. The van der Waals surface area contributed by atoms with Gasteiger partial charge in [-0.1, -0.05) is 0 Å². The number of nitrogens with two attached hydrogens (primary N) is 1. The van der Waals surface area contributed by atoms with E-state index in [0.29, 0.717) is 11.4 Å². The number of rotatable bonds is 3. The maximum absolute atomic E-state index is 11.6. The number of halogens is 2. The Labute approximate surface area is 248 Å². The van der Waals surface area contributed by atoms with Crippen molar-refractivity contribution in [3.05, 3.63) is 56.6 Å². The van der Waals surface area contributed by atoms with Crippen LogP contribution in [0.4, 0.5) is 32.3 Å². The average molecular weight is 692 g/mol. The van der Waals surface area contributed by atoms with Crippen molar-refractivity contribution >= 4 is 71.7 Å². The molecule has 0 heterocycles. The van der Waals surface area contributed by atoms with E-state index in [9.17, 15) is 19.7 Å². The number of hydrogen-bond donors (Lipinski definition) is 3. The van der Waals surface area contributed by atoms with Crippen molar-refractivity contribution in [2.24, 2.45) is 0 Å². The zero-order chi connectivity index (χ0) is 30.7. The molecule has 2 rings (SSSR count). The molecule has 0 aliphatic carbocycles. The molecule has 10 nitrogen and oxygen atoms in total. The number of benzene rings is 2. The molecule has 216 valence electrons. The molecule has 2 radical (unpaired) electrons. The molecule has 2 aromatic rings. The summed E-state index contributed by atoms with van der Waals surface area (Å²) in [5, 5.41) is 16.0. The van der Waals surface area contributed by atoms with E-state index >= 15 is 0 Å². The third kappa shape index (κ3) is 15.1. The van der Waals surface area contributed by atoms with E-state index in [0.717, 1.165) is 22.3 Å². The predicted molar refractivity (Wildman–Crippen MR) is 160 cm³/mol. The summed E-state index contributed by atoms with van der Waals surface area (Å²) < 4.78 is 10.2. The molecule has 0 saturated carbocycles. The first kappa shape index (κ1) is 36.6. The number of carbonyl (C=O) groups is 2. The van der Waals surface area contributed by atoms with E-state index in [-0.39, 0.29) is 11.4 Å². The van der Waals surface area contributed by atoms with Crippen LogP contribution in [0.1, 0.15) is 63.8 Å². The van der Waals surface area contributed by atoms with Crippen LogP contribution in [0.2, 0.25) is 0 Å². The van der Waals surface area contributed by atoms with Gasteiger partial charge in [0.05, 0.1) is 16.3 Å². The Balaban J connectivity index is 0.000000676. The molecule has 2 amide bonds. The second kappa shape index (κ2) is 16.0. The van der Waals surface area contributed by atoms with Gasteiger partial charge in [-0.3, -0.25) is 20.7 Å². The standard InChI is InChI=1S/C13H18N2O4.C13H20N2O2.2ClH.Sn/c1-8-6-10(11(15(17)18)7-9(8)2)14-12(16)19-13(3,4)5;1-8-6-10(14)11(7-9(8)2)15-12(16)17-13(3,4)5;;;/h6-7H,1-5H3,(H,14,16);6-7H,14H2,1-5H3,(H,15,16);2*1H;/q;;;;+2/p-2. The number of hydrogen-bond acceptors (Lipinski definition) is 7. The van der Waals surface area contributed by atoms with Crippen LogP contribution in [0.25, 0.3) is 0 Å². The van der Waals surface area contributed by atoms with Crippen molar-refractivity contribution < 1.29 is 24.0 Å². The molecule has 0 bridgehead atoms. The zero-order valence-corrected chi connectivity index (χ0v) is 28.4. The average Bonchev–Trinajstić information content (AvgIpc) is 2.72. The van der Waals surface area contributed by atoms with Gasteiger partial charge in [0.15, 0.2) is 0 Å². The van der Waals surface area contributed by atoms with Crippen LogP contribution in [0.3, 0.4) is 0 Å². The normalized spacial score (nSPS) is 10.7. The summed E-state index contributed by atoms with van der Waals surface area (Å²) >= 11 is -0.826. The minimum absolute atomic E-state index is 0.141. The second-order valence-electron chi connectivity index (χ2n) is 10.6. The number of carbonyl (C=O) groups excluding carboxylic acids is 2. The minimum atomic E-state index is -0.826. The van der Waals surface area contributed by atoms with Gasteiger partial charge in [0.2, 0.25) is 0 Å². The van der Waals surface area contributed by atoms with Crippen LogP contribution in [0.15, 0.2) is 24.3 Å². The fraction of sp³-hybridized carbons (Fsp3) is 0.462. The number of aryl methyl sites for hydroxylation is 4. The number of nitro benzene ring substituents is 1. The van der Waals surface area contributed by atoms with E-state index in [1.54, 1.807) is 33.8 Å². The summed E-state index contributed by atoms with van der Waals surface area (Å²) in [5.74, 6) is 0. The Bertz CT molecular complexity index is 1160. The van der Waals surface area contributed by atoms with E-state index < -0.39 is 47.2 Å². The van der Waals surface area contributed by atoms with Gasteiger partial charge in [-0.25, -0.2) is 9.59 Å². The first-order valence-corrected chi connectivity index (χ1v) is 19.0. The number of anilines is 3. The van der Waals surface area contributed by atoms with Crippen molar-refractivity contribution in [2.75, 3.05) is 16.4 Å². The van der Waals surface area contributed by atoms with Crippen LogP contribution < -0.4 is 16.4 Å². The van der Waals surface area contributed by atoms with Crippen molar-refractivity contribution in [3.63, 3.8) is 0 Å². The van der Waals surface area contributed by atoms with Gasteiger partial charge in [0, 0.05) is 6.07 Å². The second-order valence-corrected chi connectivity index (χ2v) is 14.8. The van der Waals surface area contributed by atoms with Crippen LogP contribution in [-0.4, -0.2) is 47.2 Å². The Morgan fingerprint density at radius 2 is 1.13 bits per heavy atom. The molecular weight excluding hydrogens is 654 g/mol. The number of ether oxygens (including phenoxy) is 2. The Hall–Kier alpha value is -2.44. The first-order chi connectivity index (χ1) is 17.7. The molecule has 0 saturated heterocycles. The van der Waals surface area contributed by atoms with Gasteiger partial charge in [0.1, 0.15) is 16.9 Å². The van der Waals surface area contributed by atoms with Crippen molar-refractivity contribution in [1.29, 1.82) is 0 Å². The SMILES string of the molecule is Cc1cc(N)c(NC(=O)OC(C)(C)C)cc1C.Cc1cc(NC(=O)OC(C)(C)C)c([N+](=O)[O-])cc1C.[Cl][Sn][Cl]. The fourth-order valence-corrected chi connectivity index (χ4v) is 2.83. The number of nitro groups is 1. The molecular formula is C26H38Cl2N4O6Sn. The number of nitrogen functional groups attached to an aromatic ring is 1. The number of nitrogens with zero attached hydrogens (tertiary/aromatic N) is 1. The summed E-state index contributed by atoms with van der Waals surface area (Å²) in [6.07, 6.45) is -1.20. The van der Waals surface area contributed by atoms with Crippen LogP contribution in [0, 0.1) is 37.8 Å². The third-order valence-corrected chi connectivity index (χ3v) is 4.75. The Kier molecular flexibility index (Phi) is 15.0. The molecule has 39 heavy (non-hydrogen) atoms. The molecule has 13 heteroatoms. The molecule has 0 aliphatic heterocycles. The van der Waals surface area contributed by atoms with Crippen LogP contribution in [-0.2, 0) is 9.47 Å². The quantitative estimate of drug-likeness (QED) is 0.129. The molecule has 0 aromatic heterocycles. The Morgan fingerprint density at radius 3 is 1.51 bits per heavy atom. The first-order valence-electron chi connectivity index (χ1n) is 11.8. The van der Waals surface area contributed by atoms with Gasteiger partial charge < -0.3 is 15.2 Å². The third-order valence-electron chi connectivity index (χ3n) is 4.75. The summed E-state index contributed by atoms with van der Waals surface area (Å²) in [5.41, 5.74) is 9.61. The van der Waals surface area contributed by atoms with Crippen molar-refractivity contribution in [1.82, 2.24) is 0 Å². The van der Waals surface area contributed by atoms with E-state index in [1.165, 1.54) is 6.07 Å². The molecule has 0 aliphatic rings. The summed E-state index contributed by atoms with van der Waals surface area (Å²) in [7, 11) is 9.87. The molecule has 4 N–H and O–H groups in total. The van der Waals surface area contributed by atoms with Crippen LogP contribution in [0.5, 0.6) is 0 Å². The van der Waals surface area contributed by atoms with E-state index in [2.05, 4.69) is 10.6 Å². The molecule has 0 atom stereocenters. The van der Waals surface area contributed by atoms with Gasteiger partial charge in [-0.05, 0) is 110 Å². The topological polar surface area (TPSA) is 146 Å². The summed E-state index contributed by atoms with van der Waals surface area (Å²) in [4.78, 5) is 33.7.